The molecule has 0 saturated carbocycles. The minimum absolute atomic E-state index is 0.201. The van der Waals surface area contributed by atoms with E-state index < -0.39 is 0 Å². The fourth-order valence-corrected chi connectivity index (χ4v) is 2.93. The molecule has 0 saturated heterocycles. The van der Waals surface area contributed by atoms with Gasteiger partial charge in [0.1, 0.15) is 0 Å². The van der Waals surface area contributed by atoms with Gasteiger partial charge in [0, 0.05) is 18.7 Å². The number of rotatable bonds is 8. The molecule has 0 aliphatic heterocycles. The van der Waals surface area contributed by atoms with Crippen LogP contribution in [-0.4, -0.2) is 25.1 Å². The Balaban J connectivity index is 1.78. The van der Waals surface area contributed by atoms with Gasteiger partial charge >= 0.3 is 0 Å². The molecule has 0 spiro atoms. The third kappa shape index (κ3) is 5.11. The molecule has 5 nitrogen and oxygen atoms in total. The Labute approximate surface area is 165 Å². The summed E-state index contributed by atoms with van der Waals surface area (Å²) >= 11 is 0. The van der Waals surface area contributed by atoms with Crippen LogP contribution in [0.5, 0.6) is 11.5 Å². The van der Waals surface area contributed by atoms with Gasteiger partial charge in [-0.15, -0.1) is 0 Å². The first-order chi connectivity index (χ1) is 13.7. The van der Waals surface area contributed by atoms with Crippen LogP contribution >= 0.6 is 0 Å². The molecule has 0 radical (unpaired) electrons. The average Bonchev–Trinajstić information content (AvgIpc) is 2.74. The van der Waals surface area contributed by atoms with Crippen LogP contribution in [0.2, 0.25) is 0 Å². The second-order valence-corrected chi connectivity index (χ2v) is 6.34. The van der Waals surface area contributed by atoms with Crippen molar-refractivity contribution in [2.45, 2.75) is 13.1 Å². The van der Waals surface area contributed by atoms with Crippen molar-refractivity contribution in [3.63, 3.8) is 0 Å². The monoisotopic (exact) mass is 376 g/mol. The Hall–Kier alpha value is -3.31. The lowest BCUT2D eigenvalue weighted by molar-refractivity contribution is 0.0759. The van der Waals surface area contributed by atoms with Crippen molar-refractivity contribution in [1.82, 2.24) is 10.4 Å². The van der Waals surface area contributed by atoms with Gasteiger partial charge in [0.2, 0.25) is 0 Å². The van der Waals surface area contributed by atoms with E-state index in [0.717, 1.165) is 11.1 Å². The van der Waals surface area contributed by atoms with E-state index in [1.165, 1.54) is 0 Å². The number of carbonyl (C=O) groups is 1. The van der Waals surface area contributed by atoms with Gasteiger partial charge in [-0.2, -0.15) is 0 Å². The molecule has 3 aromatic rings. The Morgan fingerprint density at radius 2 is 1.32 bits per heavy atom. The van der Waals surface area contributed by atoms with Crippen molar-refractivity contribution < 1.29 is 14.3 Å². The quantitative estimate of drug-likeness (QED) is 0.603. The summed E-state index contributed by atoms with van der Waals surface area (Å²) in [5.41, 5.74) is 5.75. The summed E-state index contributed by atoms with van der Waals surface area (Å²) in [5, 5.41) is 1.91. The molecule has 0 aliphatic carbocycles. The number of methoxy groups -OCH3 is 2. The molecular weight excluding hydrogens is 352 g/mol. The van der Waals surface area contributed by atoms with Crippen LogP contribution in [0.1, 0.15) is 21.5 Å². The highest BCUT2D eigenvalue weighted by molar-refractivity contribution is 5.94. The Bertz CT molecular complexity index is 857. The van der Waals surface area contributed by atoms with Crippen molar-refractivity contribution >= 4 is 5.91 Å². The summed E-state index contributed by atoms with van der Waals surface area (Å²) in [7, 11) is 3.12. The highest BCUT2D eigenvalue weighted by Crippen LogP contribution is 2.27. The lowest BCUT2D eigenvalue weighted by atomic mass is 10.2. The Kier molecular flexibility index (Phi) is 6.65. The number of nitrogens with one attached hydrogen (secondary N) is 1. The van der Waals surface area contributed by atoms with E-state index >= 15 is 0 Å². The van der Waals surface area contributed by atoms with Crippen LogP contribution in [0.15, 0.2) is 78.9 Å². The van der Waals surface area contributed by atoms with Gasteiger partial charge in [-0.25, -0.2) is 5.01 Å². The van der Waals surface area contributed by atoms with Crippen molar-refractivity contribution in [2.75, 3.05) is 14.2 Å². The highest BCUT2D eigenvalue weighted by Gasteiger charge is 2.15. The second kappa shape index (κ2) is 9.58. The van der Waals surface area contributed by atoms with Gasteiger partial charge in [-0.1, -0.05) is 60.7 Å². The molecule has 0 bridgehead atoms. The number of nitrogens with zero attached hydrogens (tertiary/aromatic N) is 1. The van der Waals surface area contributed by atoms with Gasteiger partial charge in [0.15, 0.2) is 11.5 Å². The lowest BCUT2D eigenvalue weighted by Crippen LogP contribution is -2.41. The Morgan fingerprint density at radius 3 is 1.82 bits per heavy atom. The third-order valence-electron chi connectivity index (χ3n) is 4.34. The number of hydrazine groups is 1. The van der Waals surface area contributed by atoms with E-state index in [2.05, 4.69) is 5.43 Å². The van der Waals surface area contributed by atoms with E-state index in [4.69, 9.17) is 9.47 Å². The maximum absolute atomic E-state index is 12.9. The summed E-state index contributed by atoms with van der Waals surface area (Å²) in [5.74, 6) is 0.908. The number of hydrogen-bond donors (Lipinski definition) is 1. The van der Waals surface area contributed by atoms with Crippen LogP contribution < -0.4 is 14.9 Å². The fourth-order valence-electron chi connectivity index (χ4n) is 2.93. The Morgan fingerprint density at radius 1 is 0.786 bits per heavy atom. The van der Waals surface area contributed by atoms with Gasteiger partial charge in [-0.3, -0.25) is 10.2 Å². The molecule has 1 N–H and O–H groups in total. The number of amides is 1. The molecule has 0 aromatic heterocycles. The van der Waals surface area contributed by atoms with Crippen molar-refractivity contribution in [3.05, 3.63) is 95.6 Å². The zero-order valence-electron chi connectivity index (χ0n) is 16.1. The summed E-state index contributed by atoms with van der Waals surface area (Å²) in [6.07, 6.45) is 0. The number of ether oxygens (including phenoxy) is 2. The predicted octanol–water partition coefficient (Wildman–Crippen LogP) is 4.05. The van der Waals surface area contributed by atoms with E-state index in [0.29, 0.717) is 30.2 Å². The van der Waals surface area contributed by atoms with E-state index in [1.807, 2.05) is 65.7 Å². The smallest absolute Gasteiger partial charge is 0.265 e. The van der Waals surface area contributed by atoms with E-state index in [-0.39, 0.29) is 5.91 Å². The molecule has 3 rings (SSSR count). The molecule has 0 fully saturated rings. The normalized spacial score (nSPS) is 10.5. The van der Waals surface area contributed by atoms with Crippen molar-refractivity contribution in [3.8, 4) is 11.5 Å². The maximum Gasteiger partial charge on any atom is 0.265 e. The standard InChI is InChI=1S/C23H24N2O3/c1-27-21-14-13-20(15-22(21)28-2)23(26)24-25(16-18-9-5-3-6-10-18)17-19-11-7-4-8-12-19/h3-15H,16-17H2,1-2H3,(H,24,26). The highest BCUT2D eigenvalue weighted by atomic mass is 16.5. The lowest BCUT2D eigenvalue weighted by Gasteiger charge is -2.24. The van der Waals surface area contributed by atoms with Crippen LogP contribution in [0, 0.1) is 0 Å². The predicted molar refractivity (Wildman–Crippen MR) is 109 cm³/mol. The van der Waals surface area contributed by atoms with Crippen LogP contribution in [0.4, 0.5) is 0 Å². The molecule has 144 valence electrons. The summed E-state index contributed by atoms with van der Waals surface area (Å²) in [4.78, 5) is 12.9. The molecule has 0 atom stereocenters. The molecule has 0 aliphatic rings. The van der Waals surface area contributed by atoms with Gasteiger partial charge in [0.25, 0.3) is 5.91 Å². The number of benzene rings is 3. The molecule has 1 amide bonds. The van der Waals surface area contributed by atoms with Gasteiger partial charge in [0.05, 0.1) is 14.2 Å². The minimum atomic E-state index is -0.201. The van der Waals surface area contributed by atoms with E-state index in [9.17, 15) is 4.79 Å². The first-order valence-corrected chi connectivity index (χ1v) is 9.05. The maximum atomic E-state index is 12.9. The second-order valence-electron chi connectivity index (χ2n) is 6.34. The first kappa shape index (κ1) is 19.5. The van der Waals surface area contributed by atoms with Gasteiger partial charge in [-0.05, 0) is 29.3 Å². The van der Waals surface area contributed by atoms with Crippen LogP contribution in [0.3, 0.4) is 0 Å². The fraction of sp³-hybridized carbons (Fsp3) is 0.174. The average molecular weight is 376 g/mol. The van der Waals surface area contributed by atoms with Crippen LogP contribution in [-0.2, 0) is 13.1 Å². The van der Waals surface area contributed by atoms with Gasteiger partial charge < -0.3 is 9.47 Å². The SMILES string of the molecule is COc1ccc(C(=O)NN(Cc2ccccc2)Cc2ccccc2)cc1OC. The summed E-state index contributed by atoms with van der Waals surface area (Å²) < 4.78 is 10.5. The molecule has 0 unspecified atom stereocenters. The topological polar surface area (TPSA) is 50.8 Å². The first-order valence-electron chi connectivity index (χ1n) is 9.05. The summed E-state index contributed by atoms with van der Waals surface area (Å²) in [6, 6.07) is 25.2. The third-order valence-corrected chi connectivity index (χ3v) is 4.34. The number of hydrogen-bond acceptors (Lipinski definition) is 4. The van der Waals surface area contributed by atoms with E-state index in [1.54, 1.807) is 32.4 Å². The molecule has 0 heterocycles. The largest absolute Gasteiger partial charge is 0.493 e. The molecule has 28 heavy (non-hydrogen) atoms. The molecule has 5 heteroatoms. The summed E-state index contributed by atoms with van der Waals surface area (Å²) in [6.45, 7) is 1.18. The van der Waals surface area contributed by atoms with Crippen molar-refractivity contribution in [1.29, 1.82) is 0 Å². The number of carbonyl (C=O) groups excluding carboxylic acids is 1. The van der Waals surface area contributed by atoms with Crippen molar-refractivity contribution in [2.24, 2.45) is 0 Å². The zero-order valence-corrected chi connectivity index (χ0v) is 16.1. The zero-order chi connectivity index (χ0) is 19.8. The molecule has 3 aromatic carbocycles. The van der Waals surface area contributed by atoms with Crippen LogP contribution in [0.25, 0.3) is 0 Å². The molecular formula is C23H24N2O3. The minimum Gasteiger partial charge on any atom is -0.493 e.